The van der Waals surface area contributed by atoms with Crippen LogP contribution in [0.25, 0.3) is 0 Å². The summed E-state index contributed by atoms with van der Waals surface area (Å²) in [5.41, 5.74) is 1.23. The van der Waals surface area contributed by atoms with Gasteiger partial charge < -0.3 is 14.8 Å². The topological polar surface area (TPSA) is 32.6 Å². The van der Waals surface area contributed by atoms with Crippen molar-refractivity contribution in [2.45, 2.75) is 13.1 Å². The van der Waals surface area contributed by atoms with Crippen LogP contribution in [-0.4, -0.2) is 29.5 Å². The Kier molecular flexibility index (Phi) is 7.75. The van der Waals surface area contributed by atoms with Crippen LogP contribution >= 0.6 is 51.2 Å². The molecule has 2 rings (SSSR count). The zero-order valence-corrected chi connectivity index (χ0v) is 17.1. The molecule has 4 nitrogen and oxygen atoms in total. The minimum absolute atomic E-state index is 0. The molecule has 1 N–H and O–H groups in total. The Labute approximate surface area is 155 Å². The lowest BCUT2D eigenvalue weighted by molar-refractivity contribution is 0.462. The first-order valence-electron chi connectivity index (χ1n) is 6.35. The molecule has 0 aromatic carbocycles. The summed E-state index contributed by atoms with van der Waals surface area (Å²) in [6.07, 6.45) is 2.06. The largest absolute Gasteiger partial charge is 0.352 e. The Morgan fingerprint density at radius 1 is 1.52 bits per heavy atom. The highest BCUT2D eigenvalue weighted by Crippen LogP contribution is 2.15. The van der Waals surface area contributed by atoms with E-state index in [1.54, 1.807) is 11.3 Å². The van der Waals surface area contributed by atoms with Gasteiger partial charge in [0, 0.05) is 42.4 Å². The van der Waals surface area contributed by atoms with E-state index < -0.39 is 0 Å². The van der Waals surface area contributed by atoms with Crippen LogP contribution in [-0.2, 0) is 20.1 Å². The van der Waals surface area contributed by atoms with E-state index in [4.69, 9.17) is 0 Å². The van der Waals surface area contributed by atoms with E-state index in [0.717, 1.165) is 23.5 Å². The summed E-state index contributed by atoms with van der Waals surface area (Å²) in [6.45, 7) is 1.62. The number of hydrogen-bond donors (Lipinski definition) is 1. The third-order valence-corrected chi connectivity index (χ3v) is 4.36. The van der Waals surface area contributed by atoms with E-state index in [0.29, 0.717) is 0 Å². The van der Waals surface area contributed by atoms with Crippen LogP contribution in [0.5, 0.6) is 0 Å². The van der Waals surface area contributed by atoms with E-state index in [9.17, 15) is 0 Å². The normalized spacial score (nSPS) is 11.1. The van der Waals surface area contributed by atoms with Crippen molar-refractivity contribution in [3.05, 3.63) is 44.8 Å². The van der Waals surface area contributed by atoms with Crippen LogP contribution in [0.3, 0.4) is 0 Å². The third kappa shape index (κ3) is 5.30. The molecule has 2 heterocycles. The second kappa shape index (κ2) is 8.79. The zero-order chi connectivity index (χ0) is 14.5. The Morgan fingerprint density at radius 2 is 2.29 bits per heavy atom. The van der Waals surface area contributed by atoms with Gasteiger partial charge in [-0.25, -0.2) is 0 Å². The van der Waals surface area contributed by atoms with Gasteiger partial charge in [0.1, 0.15) is 0 Å². The summed E-state index contributed by atoms with van der Waals surface area (Å²) >= 11 is 5.25. The first-order valence-corrected chi connectivity index (χ1v) is 8.02. The molecule has 2 aromatic rings. The second-order valence-electron chi connectivity index (χ2n) is 4.60. The van der Waals surface area contributed by atoms with E-state index in [1.165, 1.54) is 10.6 Å². The number of aryl methyl sites for hydroxylation is 1. The molecule has 0 fully saturated rings. The molecular weight excluding hydrogens is 463 g/mol. The third-order valence-electron chi connectivity index (χ3n) is 3.05. The molecule has 0 bridgehead atoms. The molecule has 0 aliphatic carbocycles. The van der Waals surface area contributed by atoms with Gasteiger partial charge in [0.25, 0.3) is 0 Å². The molecule has 2 aromatic heterocycles. The number of nitrogens with one attached hydrogen (secondary N) is 1. The summed E-state index contributed by atoms with van der Waals surface area (Å²) in [6, 6.07) is 6.32. The molecule has 0 saturated heterocycles. The van der Waals surface area contributed by atoms with Gasteiger partial charge in [-0.05, 0) is 33.4 Å². The maximum atomic E-state index is 4.34. The van der Waals surface area contributed by atoms with Gasteiger partial charge in [0.15, 0.2) is 5.96 Å². The molecular formula is C14H20BrIN4S. The fraction of sp³-hybridized carbons (Fsp3) is 0.357. The maximum Gasteiger partial charge on any atom is 0.194 e. The van der Waals surface area contributed by atoms with Gasteiger partial charge in [-0.2, -0.15) is 0 Å². The quantitative estimate of drug-likeness (QED) is 0.409. The molecule has 0 amide bonds. The molecule has 0 radical (unpaired) electrons. The summed E-state index contributed by atoms with van der Waals surface area (Å²) in [7, 11) is 5.91. The molecule has 0 unspecified atom stereocenters. The minimum Gasteiger partial charge on any atom is -0.352 e. The molecule has 7 heteroatoms. The average molecular weight is 483 g/mol. The number of aliphatic imine (C=N–C) groups is 1. The molecule has 0 atom stereocenters. The van der Waals surface area contributed by atoms with Gasteiger partial charge >= 0.3 is 0 Å². The van der Waals surface area contributed by atoms with Crippen LogP contribution in [0.1, 0.15) is 10.6 Å². The molecule has 0 aliphatic heterocycles. The fourth-order valence-corrected chi connectivity index (χ4v) is 3.22. The van der Waals surface area contributed by atoms with Gasteiger partial charge in [0.05, 0.1) is 13.1 Å². The Hall–Kier alpha value is -0.540. The van der Waals surface area contributed by atoms with Crippen molar-refractivity contribution in [2.24, 2.45) is 12.0 Å². The lowest BCUT2D eigenvalue weighted by Gasteiger charge is -2.22. The predicted molar refractivity (Wildman–Crippen MR) is 105 cm³/mol. The standard InChI is InChI=1S/C14H19BrN4S.HI/c1-16-14(17-8-13-5-4-6-20-13)19(3)10-12-7-11(15)9-18(12)2;/h4-7,9H,8,10H2,1-3H3,(H,16,17);1H. The summed E-state index contributed by atoms with van der Waals surface area (Å²) < 4.78 is 3.22. The van der Waals surface area contributed by atoms with Crippen LogP contribution < -0.4 is 5.32 Å². The van der Waals surface area contributed by atoms with Crippen molar-refractivity contribution in [3.63, 3.8) is 0 Å². The van der Waals surface area contributed by atoms with Crippen LogP contribution in [0.4, 0.5) is 0 Å². The smallest absolute Gasteiger partial charge is 0.194 e. The summed E-state index contributed by atoms with van der Waals surface area (Å²) in [5, 5.41) is 5.47. The Morgan fingerprint density at radius 3 is 2.81 bits per heavy atom. The average Bonchev–Trinajstić information content (AvgIpc) is 3.01. The maximum absolute atomic E-state index is 4.34. The minimum atomic E-state index is 0. The monoisotopic (exact) mass is 482 g/mol. The lowest BCUT2D eigenvalue weighted by Crippen LogP contribution is -2.38. The van der Waals surface area contributed by atoms with E-state index in [2.05, 4.69) is 72.5 Å². The number of rotatable bonds is 4. The summed E-state index contributed by atoms with van der Waals surface area (Å²) in [5.74, 6) is 0.899. The van der Waals surface area contributed by atoms with E-state index >= 15 is 0 Å². The van der Waals surface area contributed by atoms with Gasteiger partial charge in [-0.15, -0.1) is 35.3 Å². The number of thiophene rings is 1. The van der Waals surface area contributed by atoms with Crippen molar-refractivity contribution in [2.75, 3.05) is 14.1 Å². The van der Waals surface area contributed by atoms with Gasteiger partial charge in [0.2, 0.25) is 0 Å². The predicted octanol–water partition coefficient (Wildman–Crippen LogP) is 3.67. The van der Waals surface area contributed by atoms with Crippen molar-refractivity contribution in [1.82, 2.24) is 14.8 Å². The second-order valence-corrected chi connectivity index (χ2v) is 6.54. The SMILES string of the molecule is CN=C(NCc1cccs1)N(C)Cc1cc(Br)cn1C.I. The fourth-order valence-electron chi connectivity index (χ4n) is 2.01. The molecule has 21 heavy (non-hydrogen) atoms. The molecule has 0 spiro atoms. The number of nitrogens with zero attached hydrogens (tertiary/aromatic N) is 3. The van der Waals surface area contributed by atoms with E-state index in [1.807, 2.05) is 14.1 Å². The first kappa shape index (κ1) is 18.5. The molecule has 0 saturated carbocycles. The highest BCUT2D eigenvalue weighted by Gasteiger charge is 2.09. The number of halogens is 2. The Bertz CT molecular complexity index is 580. The highest BCUT2D eigenvalue weighted by atomic mass is 127. The highest BCUT2D eigenvalue weighted by molar-refractivity contribution is 14.0. The van der Waals surface area contributed by atoms with Crippen molar-refractivity contribution < 1.29 is 0 Å². The van der Waals surface area contributed by atoms with Crippen molar-refractivity contribution in [3.8, 4) is 0 Å². The summed E-state index contributed by atoms with van der Waals surface area (Å²) in [4.78, 5) is 7.76. The van der Waals surface area contributed by atoms with Crippen LogP contribution in [0.2, 0.25) is 0 Å². The molecule has 116 valence electrons. The van der Waals surface area contributed by atoms with Crippen molar-refractivity contribution in [1.29, 1.82) is 0 Å². The Balaban J connectivity index is 0.00000220. The zero-order valence-electron chi connectivity index (χ0n) is 12.3. The van der Waals surface area contributed by atoms with Gasteiger partial charge in [-0.1, -0.05) is 6.07 Å². The van der Waals surface area contributed by atoms with Gasteiger partial charge in [-0.3, -0.25) is 4.99 Å². The number of guanidine groups is 1. The first-order chi connectivity index (χ1) is 9.60. The van der Waals surface area contributed by atoms with E-state index in [-0.39, 0.29) is 24.0 Å². The number of hydrogen-bond acceptors (Lipinski definition) is 2. The molecule has 0 aliphatic rings. The van der Waals surface area contributed by atoms with Crippen molar-refractivity contribution >= 4 is 57.2 Å². The van der Waals surface area contributed by atoms with Crippen LogP contribution in [0.15, 0.2) is 39.2 Å². The number of aromatic nitrogens is 1. The lowest BCUT2D eigenvalue weighted by atomic mass is 10.4. The van der Waals surface area contributed by atoms with Crippen LogP contribution in [0, 0.1) is 0 Å².